The Morgan fingerprint density at radius 1 is 1.06 bits per heavy atom. The Labute approximate surface area is 188 Å². The van der Waals surface area contributed by atoms with Crippen molar-refractivity contribution < 1.29 is 4.74 Å². The molecule has 2 aromatic carbocycles. The highest BCUT2D eigenvalue weighted by Gasteiger charge is 2.16. The van der Waals surface area contributed by atoms with Gasteiger partial charge in [0, 0.05) is 48.7 Å². The molecule has 2 aromatic heterocycles. The van der Waals surface area contributed by atoms with Crippen LogP contribution in [0.4, 0.5) is 5.69 Å². The number of nitrogens with zero attached hydrogens (tertiary/aromatic N) is 5. The maximum absolute atomic E-state index is 5.54. The van der Waals surface area contributed by atoms with Crippen LogP contribution in [-0.2, 0) is 11.3 Å². The molecule has 0 radical (unpaired) electrons. The topological polar surface area (TPSA) is 62.2 Å². The van der Waals surface area contributed by atoms with E-state index >= 15 is 0 Å². The summed E-state index contributed by atoms with van der Waals surface area (Å²) in [6.07, 6.45) is 5.65. The highest BCUT2D eigenvalue weighted by molar-refractivity contribution is 5.88. The molecular weight excluding hydrogens is 400 g/mol. The number of H-pyrrole nitrogens is 1. The summed E-state index contributed by atoms with van der Waals surface area (Å²) in [5, 5.41) is 9.09. The van der Waals surface area contributed by atoms with E-state index in [1.54, 1.807) is 0 Å². The highest BCUT2D eigenvalue weighted by Crippen LogP contribution is 2.33. The lowest BCUT2D eigenvalue weighted by atomic mass is 10.00. The first-order valence-electron chi connectivity index (χ1n) is 11.4. The molecule has 32 heavy (non-hydrogen) atoms. The van der Waals surface area contributed by atoms with Crippen molar-refractivity contribution in [1.29, 1.82) is 0 Å². The van der Waals surface area contributed by atoms with Crippen molar-refractivity contribution in [2.75, 3.05) is 44.3 Å². The zero-order chi connectivity index (χ0) is 21.9. The standard InChI is InChI=1S/C25H30N6O/c1-3-29(4-2)17-24-21-7-5-19(15-23(21)27-28-24)22-16-20(30-11-13-32-14-12-30)6-8-25(22)31-10-9-26-18-31/h5-10,15-16,18H,3-4,11-14,17H2,1-2H3,(H,27,28). The third-order valence-corrected chi connectivity index (χ3v) is 6.36. The van der Waals surface area contributed by atoms with Gasteiger partial charge < -0.3 is 14.2 Å². The second-order valence-corrected chi connectivity index (χ2v) is 8.17. The number of rotatable bonds is 7. The lowest BCUT2D eigenvalue weighted by molar-refractivity contribution is 0.122. The summed E-state index contributed by atoms with van der Waals surface area (Å²) in [5.41, 5.74) is 6.82. The Morgan fingerprint density at radius 3 is 2.66 bits per heavy atom. The predicted octanol–water partition coefficient (Wildman–Crippen LogP) is 4.09. The van der Waals surface area contributed by atoms with Gasteiger partial charge in [-0.2, -0.15) is 5.10 Å². The highest BCUT2D eigenvalue weighted by atomic mass is 16.5. The van der Waals surface area contributed by atoms with E-state index in [4.69, 9.17) is 4.74 Å². The van der Waals surface area contributed by atoms with Crippen molar-refractivity contribution in [3.63, 3.8) is 0 Å². The van der Waals surface area contributed by atoms with E-state index in [0.717, 1.165) is 62.7 Å². The zero-order valence-corrected chi connectivity index (χ0v) is 18.8. The number of morpholine rings is 1. The molecule has 7 nitrogen and oxygen atoms in total. The number of ether oxygens (including phenoxy) is 1. The van der Waals surface area contributed by atoms with Crippen LogP contribution in [0, 0.1) is 0 Å². The van der Waals surface area contributed by atoms with E-state index < -0.39 is 0 Å². The average Bonchev–Trinajstić information content (AvgIpc) is 3.53. The molecule has 3 heterocycles. The number of aromatic amines is 1. The number of fused-ring (bicyclic) bond motifs is 1. The van der Waals surface area contributed by atoms with Gasteiger partial charge in [0.25, 0.3) is 0 Å². The minimum atomic E-state index is 0.771. The maximum Gasteiger partial charge on any atom is 0.0991 e. The van der Waals surface area contributed by atoms with E-state index in [9.17, 15) is 0 Å². The van der Waals surface area contributed by atoms with E-state index in [1.807, 2.05) is 18.7 Å². The summed E-state index contributed by atoms with van der Waals surface area (Å²) in [7, 11) is 0. The molecule has 7 heteroatoms. The van der Waals surface area contributed by atoms with Crippen molar-refractivity contribution in [3.05, 3.63) is 60.8 Å². The van der Waals surface area contributed by atoms with Crippen molar-refractivity contribution >= 4 is 16.6 Å². The summed E-state index contributed by atoms with van der Waals surface area (Å²) in [5.74, 6) is 0. The number of hydrogen-bond acceptors (Lipinski definition) is 5. The molecule has 0 aliphatic carbocycles. The Bertz CT molecular complexity index is 1170. The number of aromatic nitrogens is 4. The predicted molar refractivity (Wildman–Crippen MR) is 128 cm³/mol. The minimum absolute atomic E-state index is 0.771. The lowest BCUT2D eigenvalue weighted by Gasteiger charge is -2.29. The van der Waals surface area contributed by atoms with Crippen LogP contribution >= 0.6 is 0 Å². The fourth-order valence-corrected chi connectivity index (χ4v) is 4.43. The minimum Gasteiger partial charge on any atom is -0.378 e. The van der Waals surface area contributed by atoms with E-state index in [1.165, 1.54) is 22.3 Å². The average molecular weight is 431 g/mol. The lowest BCUT2D eigenvalue weighted by Crippen LogP contribution is -2.36. The van der Waals surface area contributed by atoms with Gasteiger partial charge in [0.2, 0.25) is 0 Å². The molecule has 1 fully saturated rings. The Kier molecular flexibility index (Phi) is 5.92. The van der Waals surface area contributed by atoms with Gasteiger partial charge in [-0.05, 0) is 42.9 Å². The third-order valence-electron chi connectivity index (χ3n) is 6.36. The summed E-state index contributed by atoms with van der Waals surface area (Å²) >= 11 is 0. The zero-order valence-electron chi connectivity index (χ0n) is 18.8. The first kappa shape index (κ1) is 20.7. The van der Waals surface area contributed by atoms with Gasteiger partial charge >= 0.3 is 0 Å². The molecular formula is C25H30N6O. The molecule has 0 amide bonds. The van der Waals surface area contributed by atoms with Crippen LogP contribution in [0.1, 0.15) is 19.5 Å². The monoisotopic (exact) mass is 430 g/mol. The van der Waals surface area contributed by atoms with Crippen LogP contribution in [0.15, 0.2) is 55.1 Å². The number of benzene rings is 2. The number of imidazole rings is 1. The maximum atomic E-state index is 5.54. The summed E-state index contributed by atoms with van der Waals surface area (Å²) in [6, 6.07) is 13.3. The van der Waals surface area contributed by atoms with E-state index in [0.29, 0.717) is 0 Å². The normalized spacial score (nSPS) is 14.5. The van der Waals surface area contributed by atoms with Gasteiger partial charge in [0.05, 0.1) is 36.4 Å². The first-order chi connectivity index (χ1) is 15.8. The molecule has 1 N–H and O–H groups in total. The number of nitrogens with one attached hydrogen (secondary N) is 1. The Morgan fingerprint density at radius 2 is 1.91 bits per heavy atom. The van der Waals surface area contributed by atoms with Crippen molar-refractivity contribution in [1.82, 2.24) is 24.6 Å². The van der Waals surface area contributed by atoms with Crippen molar-refractivity contribution in [3.8, 4) is 16.8 Å². The van der Waals surface area contributed by atoms with E-state index in [2.05, 4.69) is 79.8 Å². The molecule has 0 spiro atoms. The van der Waals surface area contributed by atoms with Gasteiger partial charge in [-0.15, -0.1) is 0 Å². The van der Waals surface area contributed by atoms with Gasteiger partial charge in [-0.1, -0.05) is 26.0 Å². The van der Waals surface area contributed by atoms with Gasteiger partial charge in [-0.3, -0.25) is 10.00 Å². The summed E-state index contributed by atoms with van der Waals surface area (Å²) < 4.78 is 7.61. The third kappa shape index (κ3) is 4.01. The molecule has 1 aliphatic rings. The van der Waals surface area contributed by atoms with Crippen LogP contribution in [-0.4, -0.2) is 64.0 Å². The van der Waals surface area contributed by atoms with E-state index in [-0.39, 0.29) is 0 Å². The van der Waals surface area contributed by atoms with Gasteiger partial charge in [0.1, 0.15) is 0 Å². The fourth-order valence-electron chi connectivity index (χ4n) is 4.43. The Balaban J connectivity index is 1.56. The molecule has 0 saturated carbocycles. The fraction of sp³-hybridized carbons (Fsp3) is 0.360. The van der Waals surface area contributed by atoms with Crippen LogP contribution in [0.3, 0.4) is 0 Å². The van der Waals surface area contributed by atoms with Gasteiger partial charge in [0.15, 0.2) is 0 Å². The van der Waals surface area contributed by atoms with Crippen LogP contribution < -0.4 is 4.90 Å². The molecule has 0 bridgehead atoms. The van der Waals surface area contributed by atoms with Crippen LogP contribution in [0.25, 0.3) is 27.7 Å². The van der Waals surface area contributed by atoms with Crippen LogP contribution in [0.5, 0.6) is 0 Å². The second-order valence-electron chi connectivity index (χ2n) is 8.17. The van der Waals surface area contributed by atoms with Crippen molar-refractivity contribution in [2.24, 2.45) is 0 Å². The molecule has 1 aliphatic heterocycles. The molecule has 166 valence electrons. The number of anilines is 1. The SMILES string of the molecule is CCN(CC)Cc1[nH]nc2cc(-c3cc(N4CCOCC4)ccc3-n3ccnc3)ccc12. The quantitative estimate of drug-likeness (QED) is 0.478. The summed E-state index contributed by atoms with van der Waals surface area (Å²) in [6.45, 7) is 10.7. The second kappa shape index (κ2) is 9.14. The molecule has 5 rings (SSSR count). The van der Waals surface area contributed by atoms with Crippen LogP contribution in [0.2, 0.25) is 0 Å². The molecule has 0 unspecified atom stereocenters. The van der Waals surface area contributed by atoms with Crippen molar-refractivity contribution in [2.45, 2.75) is 20.4 Å². The molecule has 4 aromatic rings. The largest absolute Gasteiger partial charge is 0.378 e. The summed E-state index contributed by atoms with van der Waals surface area (Å²) in [4.78, 5) is 9.04. The number of hydrogen-bond donors (Lipinski definition) is 1. The first-order valence-corrected chi connectivity index (χ1v) is 11.4. The smallest absolute Gasteiger partial charge is 0.0991 e. The molecule has 0 atom stereocenters. The van der Waals surface area contributed by atoms with Gasteiger partial charge in [-0.25, -0.2) is 4.98 Å². The molecule has 1 saturated heterocycles. The Hall–Kier alpha value is -3.16.